The van der Waals surface area contributed by atoms with Gasteiger partial charge in [-0.1, -0.05) is 26.7 Å². The van der Waals surface area contributed by atoms with Crippen LogP contribution in [-0.4, -0.2) is 43.2 Å². The molecule has 0 amide bonds. The third-order valence-corrected chi connectivity index (χ3v) is 6.15. The second-order valence-electron chi connectivity index (χ2n) is 7.15. The van der Waals surface area contributed by atoms with Gasteiger partial charge >= 0.3 is 0 Å². The van der Waals surface area contributed by atoms with Crippen LogP contribution < -0.4 is 11.1 Å². The van der Waals surface area contributed by atoms with Crippen molar-refractivity contribution in [2.45, 2.75) is 70.8 Å². The molecule has 2 fully saturated rings. The average molecular weight is 281 g/mol. The molecule has 0 atom stereocenters. The molecule has 3 N–H and O–H groups in total. The van der Waals surface area contributed by atoms with E-state index >= 15 is 0 Å². The zero-order valence-corrected chi connectivity index (χ0v) is 13.7. The van der Waals surface area contributed by atoms with E-state index in [4.69, 9.17) is 5.73 Å². The van der Waals surface area contributed by atoms with Gasteiger partial charge in [0.15, 0.2) is 0 Å². The summed E-state index contributed by atoms with van der Waals surface area (Å²) in [4.78, 5) is 2.48. The van der Waals surface area contributed by atoms with Gasteiger partial charge in [0, 0.05) is 25.2 Å². The smallest absolute Gasteiger partial charge is 0.0305 e. The Labute approximate surface area is 125 Å². The van der Waals surface area contributed by atoms with E-state index in [-0.39, 0.29) is 5.54 Å². The van der Waals surface area contributed by atoms with Crippen molar-refractivity contribution in [2.24, 2.45) is 11.1 Å². The molecule has 0 aromatic carbocycles. The fourth-order valence-electron chi connectivity index (χ4n) is 4.36. The Bertz CT molecular complexity index is 270. The van der Waals surface area contributed by atoms with Crippen molar-refractivity contribution < 1.29 is 0 Å². The lowest BCUT2D eigenvalue weighted by Crippen LogP contribution is -2.56. The van der Waals surface area contributed by atoms with E-state index in [9.17, 15) is 0 Å². The minimum atomic E-state index is 0.237. The molecule has 118 valence electrons. The second-order valence-corrected chi connectivity index (χ2v) is 7.15. The molecule has 2 aliphatic rings. The first-order valence-corrected chi connectivity index (χ1v) is 8.85. The number of likely N-dealkylation sites (N-methyl/N-ethyl adjacent to an activating group) is 1. The molecule has 0 unspecified atom stereocenters. The molecule has 2 saturated carbocycles. The van der Waals surface area contributed by atoms with Gasteiger partial charge in [0.25, 0.3) is 0 Å². The summed E-state index contributed by atoms with van der Waals surface area (Å²) in [5.41, 5.74) is 7.08. The maximum atomic E-state index is 6.13. The van der Waals surface area contributed by atoms with Gasteiger partial charge < -0.3 is 16.0 Å². The molecule has 0 saturated heterocycles. The van der Waals surface area contributed by atoms with Gasteiger partial charge in [-0.2, -0.15) is 0 Å². The fraction of sp³-hybridized carbons (Fsp3) is 1.00. The van der Waals surface area contributed by atoms with Crippen LogP contribution in [0, 0.1) is 5.41 Å². The van der Waals surface area contributed by atoms with Crippen molar-refractivity contribution in [1.29, 1.82) is 0 Å². The Balaban J connectivity index is 1.79. The minimum absolute atomic E-state index is 0.237. The van der Waals surface area contributed by atoms with Crippen LogP contribution in [0.15, 0.2) is 0 Å². The molecule has 3 nitrogen and oxygen atoms in total. The number of nitrogens with zero attached hydrogens (tertiary/aromatic N) is 1. The number of nitrogens with one attached hydrogen (secondary N) is 1. The van der Waals surface area contributed by atoms with E-state index in [0.29, 0.717) is 5.41 Å². The first-order chi connectivity index (χ1) is 9.67. The summed E-state index contributed by atoms with van der Waals surface area (Å²) in [5, 5.41) is 3.82. The highest BCUT2D eigenvalue weighted by Crippen LogP contribution is 2.50. The van der Waals surface area contributed by atoms with E-state index < -0.39 is 0 Å². The maximum absolute atomic E-state index is 6.13. The Morgan fingerprint density at radius 2 is 1.55 bits per heavy atom. The zero-order valence-electron chi connectivity index (χ0n) is 13.7. The van der Waals surface area contributed by atoms with Gasteiger partial charge in [0.1, 0.15) is 0 Å². The van der Waals surface area contributed by atoms with Crippen LogP contribution >= 0.6 is 0 Å². The maximum Gasteiger partial charge on any atom is 0.0305 e. The van der Waals surface area contributed by atoms with Crippen LogP contribution in [0.2, 0.25) is 0 Å². The van der Waals surface area contributed by atoms with Gasteiger partial charge in [-0.15, -0.1) is 0 Å². The molecular weight excluding hydrogens is 246 g/mol. The first kappa shape index (κ1) is 16.3. The third kappa shape index (κ3) is 3.75. The largest absolute Gasteiger partial charge is 0.329 e. The van der Waals surface area contributed by atoms with Crippen molar-refractivity contribution >= 4 is 0 Å². The summed E-state index contributed by atoms with van der Waals surface area (Å²) in [6, 6.07) is 0. The molecule has 3 heteroatoms. The Kier molecular flexibility index (Phi) is 5.88. The van der Waals surface area contributed by atoms with Crippen LogP contribution in [0.3, 0.4) is 0 Å². The molecular formula is C17H35N3. The number of nitrogens with two attached hydrogens (primary N) is 1. The normalized spacial score (nSPS) is 24.6. The lowest BCUT2D eigenvalue weighted by Gasteiger charge is -2.45. The Morgan fingerprint density at radius 3 is 2.05 bits per heavy atom. The van der Waals surface area contributed by atoms with Crippen molar-refractivity contribution in [3.63, 3.8) is 0 Å². The summed E-state index contributed by atoms with van der Waals surface area (Å²) >= 11 is 0. The van der Waals surface area contributed by atoms with Crippen molar-refractivity contribution in [2.75, 3.05) is 32.7 Å². The van der Waals surface area contributed by atoms with Crippen LogP contribution in [0.4, 0.5) is 0 Å². The highest BCUT2D eigenvalue weighted by molar-refractivity contribution is 5.00. The molecule has 0 bridgehead atoms. The third-order valence-electron chi connectivity index (χ3n) is 6.15. The summed E-state index contributed by atoms with van der Waals surface area (Å²) in [7, 11) is 0. The van der Waals surface area contributed by atoms with E-state index in [1.54, 1.807) is 0 Å². The van der Waals surface area contributed by atoms with Gasteiger partial charge in [0.05, 0.1) is 0 Å². The standard InChI is InChI=1S/C17H35N3/c1-3-20(4-2)14-13-19-17(15-18)11-9-16(10-12-17)7-5-6-8-16/h19H,3-15,18H2,1-2H3. The number of rotatable bonds is 7. The lowest BCUT2D eigenvalue weighted by atomic mass is 9.66. The predicted octanol–water partition coefficient (Wildman–Crippen LogP) is 2.75. The number of hydrogen-bond donors (Lipinski definition) is 2. The monoisotopic (exact) mass is 281 g/mol. The van der Waals surface area contributed by atoms with Gasteiger partial charge in [-0.05, 0) is 57.0 Å². The zero-order chi connectivity index (χ0) is 14.5. The molecule has 0 aromatic rings. The molecule has 20 heavy (non-hydrogen) atoms. The van der Waals surface area contributed by atoms with Crippen molar-refractivity contribution in [1.82, 2.24) is 10.2 Å². The SMILES string of the molecule is CCN(CC)CCNC1(CN)CCC2(CCCC2)CC1. The van der Waals surface area contributed by atoms with E-state index in [0.717, 1.165) is 32.7 Å². The van der Waals surface area contributed by atoms with Crippen LogP contribution in [-0.2, 0) is 0 Å². The highest BCUT2D eigenvalue weighted by atomic mass is 15.1. The average Bonchev–Trinajstić information content (AvgIpc) is 2.95. The van der Waals surface area contributed by atoms with E-state index in [2.05, 4.69) is 24.1 Å². The van der Waals surface area contributed by atoms with Gasteiger partial charge in [-0.3, -0.25) is 0 Å². The molecule has 0 aliphatic heterocycles. The van der Waals surface area contributed by atoms with Crippen LogP contribution in [0.25, 0.3) is 0 Å². The quantitative estimate of drug-likeness (QED) is 0.754. The number of hydrogen-bond acceptors (Lipinski definition) is 3. The van der Waals surface area contributed by atoms with E-state index in [1.807, 2.05) is 0 Å². The first-order valence-electron chi connectivity index (χ1n) is 8.85. The summed E-state index contributed by atoms with van der Waals surface area (Å²) in [6.07, 6.45) is 11.3. The summed E-state index contributed by atoms with van der Waals surface area (Å²) < 4.78 is 0. The topological polar surface area (TPSA) is 41.3 Å². The fourth-order valence-corrected chi connectivity index (χ4v) is 4.36. The van der Waals surface area contributed by atoms with Crippen LogP contribution in [0.1, 0.15) is 65.2 Å². The molecule has 2 rings (SSSR count). The molecule has 0 heterocycles. The van der Waals surface area contributed by atoms with Gasteiger partial charge in [0.2, 0.25) is 0 Å². The Hall–Kier alpha value is -0.120. The molecule has 0 aromatic heterocycles. The van der Waals surface area contributed by atoms with Crippen molar-refractivity contribution in [3.8, 4) is 0 Å². The predicted molar refractivity (Wildman–Crippen MR) is 86.9 cm³/mol. The van der Waals surface area contributed by atoms with E-state index in [1.165, 1.54) is 51.4 Å². The minimum Gasteiger partial charge on any atom is -0.329 e. The summed E-state index contributed by atoms with van der Waals surface area (Å²) in [5.74, 6) is 0. The molecule has 2 aliphatic carbocycles. The molecule has 0 radical (unpaired) electrons. The van der Waals surface area contributed by atoms with Gasteiger partial charge in [-0.25, -0.2) is 0 Å². The van der Waals surface area contributed by atoms with Crippen molar-refractivity contribution in [3.05, 3.63) is 0 Å². The van der Waals surface area contributed by atoms with Crippen LogP contribution in [0.5, 0.6) is 0 Å². The Morgan fingerprint density at radius 1 is 0.950 bits per heavy atom. The summed E-state index contributed by atoms with van der Waals surface area (Å²) in [6.45, 7) is 9.83. The lowest BCUT2D eigenvalue weighted by molar-refractivity contribution is 0.112. The second kappa shape index (κ2) is 7.24. The highest BCUT2D eigenvalue weighted by Gasteiger charge is 2.42. The molecule has 1 spiro atoms.